The number of nitrogens with zero attached hydrogens (tertiary/aromatic N) is 1. The van der Waals surface area contributed by atoms with E-state index in [1.54, 1.807) is 0 Å². The van der Waals surface area contributed by atoms with Crippen LogP contribution in [0.2, 0.25) is 0 Å². The van der Waals surface area contributed by atoms with Gasteiger partial charge < -0.3 is 4.74 Å². The molecule has 0 aliphatic heterocycles. The van der Waals surface area contributed by atoms with E-state index in [0.29, 0.717) is 0 Å². The fourth-order valence-corrected chi connectivity index (χ4v) is 3.24. The Kier molecular flexibility index (Phi) is 5.36. The van der Waals surface area contributed by atoms with E-state index in [-0.39, 0.29) is 23.1 Å². The number of rotatable bonds is 6. The minimum Gasteiger partial charge on any atom is -0.377 e. The van der Waals surface area contributed by atoms with Crippen LogP contribution in [0.5, 0.6) is 0 Å². The van der Waals surface area contributed by atoms with Crippen molar-refractivity contribution in [3.05, 3.63) is 64.5 Å². The number of ketones is 2. The van der Waals surface area contributed by atoms with Crippen LogP contribution in [0.25, 0.3) is 0 Å². The molecular formula is C19H15F4NO3. The average molecular weight is 381 g/mol. The van der Waals surface area contributed by atoms with Crippen molar-refractivity contribution >= 4 is 11.6 Å². The summed E-state index contributed by atoms with van der Waals surface area (Å²) in [4.78, 5) is 28.8. The largest absolute Gasteiger partial charge is 0.377 e. The van der Waals surface area contributed by atoms with E-state index in [4.69, 9.17) is 4.74 Å². The molecule has 1 aromatic heterocycles. The van der Waals surface area contributed by atoms with Gasteiger partial charge >= 0.3 is 0 Å². The first-order valence-electron chi connectivity index (χ1n) is 8.09. The van der Waals surface area contributed by atoms with Gasteiger partial charge in [0, 0.05) is 41.8 Å². The molecule has 0 spiro atoms. The molecule has 0 radical (unpaired) electrons. The van der Waals surface area contributed by atoms with Crippen LogP contribution in [0.4, 0.5) is 17.6 Å². The number of ether oxygens (including phenoxy) is 1. The summed E-state index contributed by atoms with van der Waals surface area (Å²) in [6.07, 6.45) is -4.31. The molecular weight excluding hydrogens is 366 g/mol. The number of benzene rings is 1. The summed E-state index contributed by atoms with van der Waals surface area (Å²) < 4.78 is 57.5. The van der Waals surface area contributed by atoms with Crippen LogP contribution in [-0.2, 0) is 4.74 Å². The Balaban J connectivity index is 1.93. The number of pyridine rings is 1. The highest BCUT2D eigenvalue weighted by Crippen LogP contribution is 2.36. The van der Waals surface area contributed by atoms with Crippen molar-refractivity contribution in [3.8, 4) is 0 Å². The highest BCUT2D eigenvalue weighted by molar-refractivity contribution is 6.26. The summed E-state index contributed by atoms with van der Waals surface area (Å²) in [6.45, 7) is 0. The fraction of sp³-hybridized carbons (Fsp3) is 0.316. The van der Waals surface area contributed by atoms with E-state index in [0.717, 1.165) is 18.2 Å². The molecule has 142 valence electrons. The van der Waals surface area contributed by atoms with Crippen molar-refractivity contribution in [2.75, 3.05) is 7.11 Å². The second-order valence-electron chi connectivity index (χ2n) is 6.20. The molecule has 0 fully saturated rings. The van der Waals surface area contributed by atoms with E-state index >= 15 is 0 Å². The molecule has 2 unspecified atom stereocenters. The monoisotopic (exact) mass is 381 g/mol. The number of carbonyl (C=O) groups is 2. The molecule has 4 nitrogen and oxygen atoms in total. The van der Waals surface area contributed by atoms with Crippen molar-refractivity contribution < 1.29 is 31.9 Å². The van der Waals surface area contributed by atoms with E-state index in [1.165, 1.54) is 25.6 Å². The van der Waals surface area contributed by atoms with Crippen LogP contribution in [0.1, 0.15) is 62.8 Å². The second kappa shape index (κ2) is 7.56. The Morgan fingerprint density at radius 3 is 2.04 bits per heavy atom. The zero-order valence-corrected chi connectivity index (χ0v) is 14.2. The Bertz CT molecular complexity index is 824. The molecule has 27 heavy (non-hydrogen) atoms. The third-order valence-electron chi connectivity index (χ3n) is 4.60. The number of halogens is 4. The van der Waals surface area contributed by atoms with Crippen molar-refractivity contribution in [1.82, 2.24) is 4.98 Å². The van der Waals surface area contributed by atoms with Crippen LogP contribution in [-0.4, -0.2) is 23.7 Å². The van der Waals surface area contributed by atoms with Gasteiger partial charge in [-0.15, -0.1) is 0 Å². The van der Waals surface area contributed by atoms with Crippen LogP contribution < -0.4 is 0 Å². The van der Waals surface area contributed by atoms with Crippen molar-refractivity contribution in [3.63, 3.8) is 0 Å². The first kappa shape index (κ1) is 19.2. The molecule has 1 aliphatic carbocycles. The van der Waals surface area contributed by atoms with Crippen molar-refractivity contribution in [1.29, 1.82) is 0 Å². The van der Waals surface area contributed by atoms with Crippen LogP contribution >= 0.6 is 0 Å². The summed E-state index contributed by atoms with van der Waals surface area (Å²) in [6, 6.07) is 4.29. The molecule has 0 amide bonds. The molecule has 2 aromatic rings. The minimum atomic E-state index is -2.94. The summed E-state index contributed by atoms with van der Waals surface area (Å²) in [5, 5.41) is 0. The summed E-state index contributed by atoms with van der Waals surface area (Å²) in [5.74, 6) is -1.93. The maximum Gasteiger partial charge on any atom is 0.263 e. The first-order chi connectivity index (χ1) is 12.8. The highest BCUT2D eigenvalue weighted by atomic mass is 19.3. The van der Waals surface area contributed by atoms with E-state index < -0.39 is 47.6 Å². The normalized spacial score (nSPS) is 17.7. The molecule has 2 atom stereocenters. The van der Waals surface area contributed by atoms with Gasteiger partial charge in [-0.1, -0.05) is 0 Å². The topological polar surface area (TPSA) is 56.3 Å². The lowest BCUT2D eigenvalue weighted by atomic mass is 9.91. The van der Waals surface area contributed by atoms with Gasteiger partial charge in [-0.25, -0.2) is 17.6 Å². The molecule has 3 rings (SSSR count). The predicted octanol–water partition coefficient (Wildman–Crippen LogP) is 4.73. The second-order valence-corrected chi connectivity index (χ2v) is 6.20. The molecule has 0 saturated carbocycles. The fourth-order valence-electron chi connectivity index (χ4n) is 3.24. The third-order valence-corrected chi connectivity index (χ3v) is 4.60. The average Bonchev–Trinajstić information content (AvgIpc) is 2.90. The third kappa shape index (κ3) is 3.62. The maximum absolute atomic E-state index is 13.1. The first-order valence-corrected chi connectivity index (χ1v) is 8.09. The lowest BCUT2D eigenvalue weighted by Gasteiger charge is -2.20. The molecule has 1 aromatic carbocycles. The van der Waals surface area contributed by atoms with E-state index in [1.807, 2.05) is 0 Å². The number of hydrogen-bond acceptors (Lipinski definition) is 4. The van der Waals surface area contributed by atoms with Gasteiger partial charge in [0.15, 0.2) is 11.6 Å². The van der Waals surface area contributed by atoms with Gasteiger partial charge in [-0.3, -0.25) is 14.6 Å². The Morgan fingerprint density at radius 1 is 0.963 bits per heavy atom. The van der Waals surface area contributed by atoms with Gasteiger partial charge in [0.1, 0.15) is 0 Å². The van der Waals surface area contributed by atoms with Crippen molar-refractivity contribution in [2.24, 2.45) is 5.92 Å². The van der Waals surface area contributed by atoms with Gasteiger partial charge in [0.25, 0.3) is 12.9 Å². The van der Waals surface area contributed by atoms with Gasteiger partial charge in [0.2, 0.25) is 0 Å². The Labute approximate surface area is 152 Å². The molecule has 0 N–H and O–H groups in total. The Morgan fingerprint density at radius 2 is 1.52 bits per heavy atom. The number of fused-ring (bicyclic) bond motifs is 1. The summed E-state index contributed by atoms with van der Waals surface area (Å²) >= 11 is 0. The van der Waals surface area contributed by atoms with Gasteiger partial charge in [-0.2, -0.15) is 0 Å². The SMILES string of the molecule is COC(CC1C(=O)c2ccncc2C1=O)c1cc(C(F)F)cc(C(F)F)c1. The van der Waals surface area contributed by atoms with Crippen molar-refractivity contribution in [2.45, 2.75) is 25.4 Å². The molecule has 8 heteroatoms. The molecule has 0 saturated heterocycles. The minimum absolute atomic E-state index is 0.0697. The standard InChI is InChI=1S/C19H15F4NO3/c1-27-15(9-4-10(18(20)21)6-11(5-9)19(22)23)7-13-16(25)12-2-3-24-8-14(12)17(13)26/h2-6,8,13,15,18-19H,7H2,1H3. The zero-order valence-electron chi connectivity index (χ0n) is 14.2. The number of alkyl halides is 4. The van der Waals surface area contributed by atoms with Crippen LogP contribution in [0.3, 0.4) is 0 Å². The Hall–Kier alpha value is -2.61. The van der Waals surface area contributed by atoms with E-state index in [2.05, 4.69) is 4.98 Å². The maximum atomic E-state index is 13.1. The number of carbonyl (C=O) groups excluding carboxylic acids is 2. The van der Waals surface area contributed by atoms with Crippen LogP contribution in [0.15, 0.2) is 36.7 Å². The summed E-state index contributed by atoms with van der Waals surface area (Å²) in [5.41, 5.74) is -0.635. The predicted molar refractivity (Wildman–Crippen MR) is 87.1 cm³/mol. The zero-order chi connectivity index (χ0) is 19.7. The molecule has 1 aliphatic rings. The van der Waals surface area contributed by atoms with E-state index in [9.17, 15) is 27.2 Å². The lowest BCUT2D eigenvalue weighted by Crippen LogP contribution is -2.20. The number of hydrogen-bond donors (Lipinski definition) is 0. The number of Topliss-reactive ketones (excluding diaryl/α,β-unsaturated/α-hetero) is 2. The number of methoxy groups -OCH3 is 1. The van der Waals surface area contributed by atoms with Crippen LogP contribution in [0, 0.1) is 5.92 Å². The highest BCUT2D eigenvalue weighted by Gasteiger charge is 2.40. The lowest BCUT2D eigenvalue weighted by molar-refractivity contribution is 0.0619. The molecule has 1 heterocycles. The molecule has 0 bridgehead atoms. The summed E-state index contributed by atoms with van der Waals surface area (Å²) in [7, 11) is 1.26. The quantitative estimate of drug-likeness (QED) is 0.536. The smallest absolute Gasteiger partial charge is 0.263 e. The van der Waals surface area contributed by atoms with Gasteiger partial charge in [-0.05, 0) is 36.2 Å². The van der Waals surface area contributed by atoms with Gasteiger partial charge in [0.05, 0.1) is 12.0 Å². The number of aromatic nitrogens is 1.